The number of carboxylic acids is 2. The van der Waals surface area contributed by atoms with Crippen LogP contribution in [0.5, 0.6) is 0 Å². The maximum atomic E-state index is 13.4. The van der Waals surface area contributed by atoms with Crippen LogP contribution in [-0.4, -0.2) is 51.0 Å². The summed E-state index contributed by atoms with van der Waals surface area (Å²) in [5, 5.41) is 27.7. The van der Waals surface area contributed by atoms with Crippen LogP contribution in [0.3, 0.4) is 0 Å². The van der Waals surface area contributed by atoms with E-state index in [1.54, 1.807) is 0 Å². The molecule has 0 heterocycles. The quantitative estimate of drug-likeness (QED) is 0.570. The van der Waals surface area contributed by atoms with Crippen LogP contribution in [0.1, 0.15) is 10.4 Å². The fourth-order valence-corrected chi connectivity index (χ4v) is 1.50. The highest BCUT2D eigenvalue weighted by Crippen LogP contribution is 2.19. The summed E-state index contributed by atoms with van der Waals surface area (Å²) in [5.41, 5.74) is -1.24. The van der Waals surface area contributed by atoms with Crippen LogP contribution >= 0.6 is 0 Å². The molecule has 2 N–H and O–H groups in total. The van der Waals surface area contributed by atoms with Gasteiger partial charge in [-0.1, -0.05) is 0 Å². The third kappa shape index (κ3) is 4.23. The molecule has 1 rings (SSSR count). The van der Waals surface area contributed by atoms with Gasteiger partial charge in [0, 0.05) is 11.6 Å². The fraction of sp³-hybridized carbons (Fsp3) is 0.182. The van der Waals surface area contributed by atoms with E-state index in [1.165, 1.54) is 0 Å². The van der Waals surface area contributed by atoms with E-state index in [9.17, 15) is 28.9 Å². The number of carboxylic acid groups (broad SMARTS) is 2. The highest BCUT2D eigenvalue weighted by atomic mass is 19.1. The van der Waals surface area contributed by atoms with Gasteiger partial charge in [-0.25, -0.2) is 0 Å². The summed E-state index contributed by atoms with van der Waals surface area (Å²) in [4.78, 5) is 43.0. The lowest BCUT2D eigenvalue weighted by Gasteiger charge is -2.18. The van der Waals surface area contributed by atoms with Gasteiger partial charge in [0.1, 0.15) is 13.1 Å². The molecule has 0 spiro atoms. The Balaban J connectivity index is 3.08. The SMILES string of the molecule is O=C(O)CN(CC(=O)O)C(=O)c1ccc([N+](=O)[O-])c(F)c1. The maximum Gasteiger partial charge on any atom is 0.323 e. The molecule has 1 amide bonds. The van der Waals surface area contributed by atoms with E-state index in [0.717, 1.165) is 12.1 Å². The molecule has 10 heteroatoms. The molecule has 0 atom stereocenters. The summed E-state index contributed by atoms with van der Waals surface area (Å²) in [5.74, 6) is -5.25. The van der Waals surface area contributed by atoms with Gasteiger partial charge in [-0.2, -0.15) is 4.39 Å². The van der Waals surface area contributed by atoms with Gasteiger partial charge in [0.05, 0.1) is 4.92 Å². The molecule has 0 aliphatic carbocycles. The summed E-state index contributed by atoms with van der Waals surface area (Å²) < 4.78 is 13.4. The Labute approximate surface area is 116 Å². The van der Waals surface area contributed by atoms with Gasteiger partial charge >= 0.3 is 17.6 Å². The first-order chi connectivity index (χ1) is 9.72. The fourth-order valence-electron chi connectivity index (χ4n) is 1.50. The summed E-state index contributed by atoms with van der Waals surface area (Å²) in [7, 11) is 0. The van der Waals surface area contributed by atoms with Crippen molar-refractivity contribution in [3.8, 4) is 0 Å². The van der Waals surface area contributed by atoms with Crippen molar-refractivity contribution in [2.75, 3.05) is 13.1 Å². The average Bonchev–Trinajstić information content (AvgIpc) is 2.35. The molecule has 21 heavy (non-hydrogen) atoms. The highest BCUT2D eigenvalue weighted by Gasteiger charge is 2.23. The topological polar surface area (TPSA) is 138 Å². The number of nitro groups is 1. The van der Waals surface area contributed by atoms with Gasteiger partial charge < -0.3 is 15.1 Å². The van der Waals surface area contributed by atoms with Crippen LogP contribution in [0.4, 0.5) is 10.1 Å². The molecule has 0 aliphatic rings. The lowest BCUT2D eigenvalue weighted by atomic mass is 10.1. The molecule has 0 fully saturated rings. The number of carbonyl (C=O) groups excluding carboxylic acids is 1. The predicted octanol–water partition coefficient (Wildman–Crippen LogP) is 0.345. The minimum atomic E-state index is -1.45. The Bertz CT molecular complexity index is 601. The van der Waals surface area contributed by atoms with Gasteiger partial charge in [0.2, 0.25) is 5.82 Å². The van der Waals surface area contributed by atoms with E-state index in [0.29, 0.717) is 11.0 Å². The van der Waals surface area contributed by atoms with Gasteiger partial charge in [-0.15, -0.1) is 0 Å². The number of nitrogens with zero attached hydrogens (tertiary/aromatic N) is 2. The van der Waals surface area contributed by atoms with E-state index in [1.807, 2.05) is 0 Å². The van der Waals surface area contributed by atoms with Crippen LogP contribution < -0.4 is 0 Å². The predicted molar refractivity (Wildman–Crippen MR) is 64.2 cm³/mol. The van der Waals surface area contributed by atoms with Gasteiger partial charge in [-0.05, 0) is 12.1 Å². The monoisotopic (exact) mass is 300 g/mol. The largest absolute Gasteiger partial charge is 0.480 e. The zero-order valence-electron chi connectivity index (χ0n) is 10.4. The van der Waals surface area contributed by atoms with Crippen LogP contribution in [0.15, 0.2) is 18.2 Å². The lowest BCUT2D eigenvalue weighted by Crippen LogP contribution is -2.39. The number of hydrogen-bond donors (Lipinski definition) is 2. The Hall–Kier alpha value is -3.04. The van der Waals surface area contributed by atoms with Crippen molar-refractivity contribution in [1.82, 2.24) is 4.90 Å². The van der Waals surface area contributed by atoms with Gasteiger partial charge in [-0.3, -0.25) is 24.5 Å². The van der Waals surface area contributed by atoms with Crippen LogP contribution in [0.25, 0.3) is 0 Å². The van der Waals surface area contributed by atoms with Crippen molar-refractivity contribution in [3.63, 3.8) is 0 Å². The van der Waals surface area contributed by atoms with E-state index in [2.05, 4.69) is 0 Å². The Morgan fingerprint density at radius 2 is 1.71 bits per heavy atom. The first-order valence-electron chi connectivity index (χ1n) is 5.39. The second kappa shape index (κ2) is 6.41. The molecule has 0 bridgehead atoms. The maximum absolute atomic E-state index is 13.4. The number of carbonyl (C=O) groups is 3. The molecule has 112 valence electrons. The number of halogens is 1. The summed E-state index contributed by atoms with van der Waals surface area (Å²) in [6, 6.07) is 2.21. The number of hydrogen-bond acceptors (Lipinski definition) is 5. The normalized spacial score (nSPS) is 9.95. The Morgan fingerprint density at radius 1 is 1.19 bits per heavy atom. The van der Waals surface area contributed by atoms with E-state index in [4.69, 9.17) is 10.2 Å². The first kappa shape index (κ1) is 16.0. The number of amides is 1. The molecule has 1 aromatic carbocycles. The standard InChI is InChI=1S/C11H9FN2O7/c12-7-3-6(1-2-8(7)14(20)21)11(19)13(4-9(15)16)5-10(17)18/h1-3H,4-5H2,(H,15,16)(H,17,18). The van der Waals surface area contributed by atoms with Crippen molar-refractivity contribution >= 4 is 23.5 Å². The molecule has 0 radical (unpaired) electrons. The Kier molecular flexibility index (Phi) is 4.89. The zero-order valence-corrected chi connectivity index (χ0v) is 10.4. The number of rotatable bonds is 6. The number of nitro benzene ring substituents is 1. The third-order valence-corrected chi connectivity index (χ3v) is 2.33. The molecular weight excluding hydrogens is 291 g/mol. The second-order valence-corrected chi connectivity index (χ2v) is 3.87. The van der Waals surface area contributed by atoms with Crippen LogP contribution in [-0.2, 0) is 9.59 Å². The molecule has 0 saturated heterocycles. The van der Waals surface area contributed by atoms with E-state index in [-0.39, 0.29) is 5.56 Å². The van der Waals surface area contributed by atoms with Crippen LogP contribution in [0.2, 0.25) is 0 Å². The van der Waals surface area contributed by atoms with Crippen molar-refractivity contribution in [3.05, 3.63) is 39.7 Å². The summed E-state index contributed by atoms with van der Waals surface area (Å²) >= 11 is 0. The minimum Gasteiger partial charge on any atom is -0.480 e. The summed E-state index contributed by atoms with van der Waals surface area (Å²) in [6.07, 6.45) is 0. The first-order valence-corrected chi connectivity index (χ1v) is 5.39. The smallest absolute Gasteiger partial charge is 0.323 e. The van der Waals surface area contributed by atoms with Crippen molar-refractivity contribution in [2.24, 2.45) is 0 Å². The second-order valence-electron chi connectivity index (χ2n) is 3.87. The van der Waals surface area contributed by atoms with E-state index >= 15 is 0 Å². The molecule has 9 nitrogen and oxygen atoms in total. The Morgan fingerprint density at radius 3 is 2.10 bits per heavy atom. The molecule has 0 aromatic heterocycles. The number of aliphatic carboxylic acids is 2. The third-order valence-electron chi connectivity index (χ3n) is 2.33. The summed E-state index contributed by atoms with van der Waals surface area (Å²) in [6.45, 7) is -1.80. The molecule has 0 unspecified atom stereocenters. The lowest BCUT2D eigenvalue weighted by molar-refractivity contribution is -0.387. The average molecular weight is 300 g/mol. The molecule has 0 aliphatic heterocycles. The minimum absolute atomic E-state index is 0.388. The van der Waals surface area contributed by atoms with E-state index < -0.39 is 47.4 Å². The zero-order chi connectivity index (χ0) is 16.2. The highest BCUT2D eigenvalue weighted by molar-refractivity contribution is 5.97. The van der Waals surface area contributed by atoms with Crippen molar-refractivity contribution < 1.29 is 33.9 Å². The molecular formula is C11H9FN2O7. The molecule has 0 saturated carbocycles. The molecule has 1 aromatic rings. The van der Waals surface area contributed by atoms with Gasteiger partial charge in [0.15, 0.2) is 0 Å². The van der Waals surface area contributed by atoms with Gasteiger partial charge in [0.25, 0.3) is 5.91 Å². The number of benzene rings is 1. The van der Waals surface area contributed by atoms with Crippen LogP contribution in [0, 0.1) is 15.9 Å². The van der Waals surface area contributed by atoms with Crippen molar-refractivity contribution in [1.29, 1.82) is 0 Å². The van der Waals surface area contributed by atoms with Crippen molar-refractivity contribution in [2.45, 2.75) is 0 Å².